The number of aliphatic hydroxyl groups is 1. The van der Waals surface area contributed by atoms with E-state index in [0.29, 0.717) is 50.0 Å². The first-order valence-corrected chi connectivity index (χ1v) is 21.4. The van der Waals surface area contributed by atoms with Crippen molar-refractivity contribution in [2.45, 2.75) is 95.4 Å². The molecule has 1 fully saturated rings. The molecule has 1 aliphatic heterocycles. The van der Waals surface area contributed by atoms with Crippen molar-refractivity contribution in [3.8, 4) is 11.1 Å². The van der Waals surface area contributed by atoms with E-state index in [2.05, 4.69) is 5.32 Å². The van der Waals surface area contributed by atoms with Crippen LogP contribution in [0.2, 0.25) is 0 Å². The lowest BCUT2D eigenvalue weighted by Gasteiger charge is -2.41. The van der Waals surface area contributed by atoms with Crippen LogP contribution in [-0.2, 0) is 35.3 Å². The van der Waals surface area contributed by atoms with Crippen LogP contribution < -0.4 is 16.8 Å². The van der Waals surface area contributed by atoms with Gasteiger partial charge in [0.2, 0.25) is 23.6 Å². The highest BCUT2D eigenvalue weighted by Crippen LogP contribution is 2.41. The van der Waals surface area contributed by atoms with Crippen LogP contribution in [0.4, 0.5) is 22.0 Å². The number of halogens is 5. The van der Waals surface area contributed by atoms with E-state index in [9.17, 15) is 46.6 Å². The Hall–Kier alpha value is -5.38. The number of aliphatic carboxylic acids is 2. The predicted molar refractivity (Wildman–Crippen MR) is 227 cm³/mol. The molecule has 4 rings (SSSR count). The van der Waals surface area contributed by atoms with E-state index < -0.39 is 77.0 Å². The summed E-state index contributed by atoms with van der Waals surface area (Å²) in [7, 11) is 0. The van der Waals surface area contributed by atoms with Crippen molar-refractivity contribution in [1.29, 1.82) is 0 Å². The molecular formula is C43H55F5N6O9S. The van der Waals surface area contributed by atoms with Gasteiger partial charge in [-0.3, -0.25) is 28.9 Å². The molecule has 352 valence electrons. The summed E-state index contributed by atoms with van der Waals surface area (Å²) >= 11 is 1.08. The van der Waals surface area contributed by atoms with Crippen molar-refractivity contribution >= 4 is 47.3 Å². The van der Waals surface area contributed by atoms with E-state index in [0.717, 1.165) is 35.5 Å². The molecule has 2 heterocycles. The molecule has 1 saturated heterocycles. The van der Waals surface area contributed by atoms with Gasteiger partial charge in [-0.15, -0.1) is 11.8 Å². The predicted octanol–water partition coefficient (Wildman–Crippen LogP) is 4.69. The number of hydrogen-bond donors (Lipinski definition) is 6. The number of thioether (sulfide) groups is 1. The fourth-order valence-corrected chi connectivity index (χ4v) is 8.02. The molecule has 15 nitrogen and oxygen atoms in total. The van der Waals surface area contributed by atoms with Gasteiger partial charge in [0.05, 0.1) is 17.3 Å². The van der Waals surface area contributed by atoms with Crippen LogP contribution in [0.25, 0.3) is 11.1 Å². The lowest BCUT2D eigenvalue weighted by Crippen LogP contribution is -2.47. The second-order valence-electron chi connectivity index (χ2n) is 16.2. The largest absolute Gasteiger partial charge is 0.490 e. The lowest BCUT2D eigenvalue weighted by molar-refractivity contribution is -0.192. The molecule has 0 aliphatic carbocycles. The molecule has 8 N–H and O–H groups in total. The maximum absolute atomic E-state index is 15.0. The number of alkyl halides is 3. The first-order valence-electron chi connectivity index (χ1n) is 20.3. The average Bonchev–Trinajstić information content (AvgIpc) is 3.75. The lowest BCUT2D eigenvalue weighted by atomic mass is 9.82. The second-order valence-corrected chi connectivity index (χ2v) is 17.4. The fraction of sp³-hybridized carbons (Fsp3) is 0.488. The molecular weight excluding hydrogens is 872 g/mol. The van der Waals surface area contributed by atoms with Crippen molar-refractivity contribution < 1.29 is 66.0 Å². The van der Waals surface area contributed by atoms with Crippen LogP contribution in [0.1, 0.15) is 76.6 Å². The topological polar surface area (TPSA) is 239 Å². The Morgan fingerprint density at radius 1 is 0.938 bits per heavy atom. The Morgan fingerprint density at radius 2 is 1.58 bits per heavy atom. The van der Waals surface area contributed by atoms with Gasteiger partial charge in [0, 0.05) is 61.4 Å². The van der Waals surface area contributed by atoms with Crippen LogP contribution in [-0.4, -0.2) is 121 Å². The van der Waals surface area contributed by atoms with Gasteiger partial charge < -0.3 is 41.6 Å². The minimum Gasteiger partial charge on any atom is -0.480 e. The minimum atomic E-state index is -5.08. The summed E-state index contributed by atoms with van der Waals surface area (Å²) in [5, 5.41) is 28.4. The molecule has 3 aromatic rings. The summed E-state index contributed by atoms with van der Waals surface area (Å²) in [5.74, 6) is -6.70. The number of nitrogens with one attached hydrogen (secondary N) is 1. The minimum absolute atomic E-state index is 0.0193. The SMILES string of the molecule is CC(C)(C)[C@H](c1cc(-c2cc(F)ccc2F)cn1Cc1ccccc1)N(CC[C@H](N)C(=O)NCCCCCCN1C(=O)CC(SC[C@H](N)C(=O)O)C1=O)C(=O)CO.O=C(O)C(F)(F)F. The number of hydrogen-bond acceptors (Lipinski definition) is 10. The molecule has 21 heteroatoms. The monoisotopic (exact) mass is 926 g/mol. The number of amides is 4. The number of aliphatic hydroxyl groups excluding tert-OH is 1. The van der Waals surface area contributed by atoms with Crippen molar-refractivity contribution in [1.82, 2.24) is 19.7 Å². The van der Waals surface area contributed by atoms with E-state index in [1.54, 1.807) is 12.3 Å². The number of likely N-dealkylation sites (tertiary alicyclic amines) is 1. The zero-order chi connectivity index (χ0) is 47.9. The molecule has 1 aromatic heterocycles. The molecule has 4 amide bonds. The number of unbranched alkanes of at least 4 members (excludes halogenated alkanes) is 3. The van der Waals surface area contributed by atoms with Crippen molar-refractivity contribution in [3.63, 3.8) is 0 Å². The van der Waals surface area contributed by atoms with Crippen molar-refractivity contribution in [3.05, 3.63) is 83.7 Å². The van der Waals surface area contributed by atoms with Gasteiger partial charge in [-0.1, -0.05) is 63.9 Å². The number of aromatic nitrogens is 1. The van der Waals surface area contributed by atoms with Crippen molar-refractivity contribution in [2.75, 3.05) is 32.0 Å². The number of nitrogens with zero attached hydrogens (tertiary/aromatic N) is 3. The number of rotatable bonds is 21. The van der Waals surface area contributed by atoms with Gasteiger partial charge in [0.1, 0.15) is 24.3 Å². The van der Waals surface area contributed by atoms with Gasteiger partial charge in [-0.05, 0) is 54.5 Å². The molecule has 0 radical (unpaired) electrons. The maximum Gasteiger partial charge on any atom is 0.490 e. The van der Waals surface area contributed by atoms with E-state index in [1.807, 2.05) is 55.7 Å². The number of carboxylic acids is 2. The average molecular weight is 927 g/mol. The van der Waals surface area contributed by atoms with E-state index in [1.165, 1.54) is 9.80 Å². The third-order valence-electron chi connectivity index (χ3n) is 10.1. The van der Waals surface area contributed by atoms with Crippen molar-refractivity contribution in [2.24, 2.45) is 16.9 Å². The summed E-state index contributed by atoms with van der Waals surface area (Å²) in [5.41, 5.74) is 13.3. The zero-order valence-electron chi connectivity index (χ0n) is 35.7. The highest BCUT2D eigenvalue weighted by Gasteiger charge is 2.40. The summed E-state index contributed by atoms with van der Waals surface area (Å²) in [6.45, 7) is 5.99. The van der Waals surface area contributed by atoms with Crippen LogP contribution >= 0.6 is 11.8 Å². The standard InChI is InChI=1S/C41H54F2N6O7S.C2HF3O2/c1-41(2,3)37(33-19-27(29-20-28(42)13-14-30(29)43)23-47(33)22-26-11-7-6-8-12-26)48(36(52)24-50)18-15-31(44)38(53)46-16-9-4-5-10-17-49-35(51)21-34(39(49)54)57-25-32(45)40(55)56;3-2(4,5)1(6)7/h6-8,11-14,19-20,23,31-32,34,37,50H,4-5,9-10,15-18,21-22,24-25,44-45H2,1-3H3,(H,46,53)(H,55,56);(H,6,7)/t31-,32-,34?,37-;/m0./s1. The molecule has 1 aliphatic rings. The normalized spacial score (nSPS) is 15.5. The summed E-state index contributed by atoms with van der Waals surface area (Å²) in [6.07, 6.45) is -0.641. The van der Waals surface area contributed by atoms with Gasteiger partial charge in [0.25, 0.3) is 0 Å². The molecule has 2 aromatic carbocycles. The first kappa shape index (κ1) is 53.0. The van der Waals surface area contributed by atoms with Crippen LogP contribution in [0.5, 0.6) is 0 Å². The number of carboxylic acid groups (broad SMARTS) is 2. The number of imide groups is 1. The Labute approximate surface area is 371 Å². The molecule has 0 spiro atoms. The van der Waals surface area contributed by atoms with E-state index >= 15 is 4.39 Å². The van der Waals surface area contributed by atoms with E-state index in [4.69, 9.17) is 26.5 Å². The number of nitrogens with two attached hydrogens (primary N) is 2. The Kier molecular flexibility index (Phi) is 19.9. The quantitative estimate of drug-likeness (QED) is 0.0485. The third kappa shape index (κ3) is 15.7. The van der Waals surface area contributed by atoms with Crippen LogP contribution in [0, 0.1) is 17.0 Å². The first-order chi connectivity index (χ1) is 30.0. The summed E-state index contributed by atoms with van der Waals surface area (Å²) in [6, 6.07) is 11.8. The maximum atomic E-state index is 15.0. The summed E-state index contributed by atoms with van der Waals surface area (Å²) in [4.78, 5) is 74.1. The Balaban J connectivity index is 0.00000143. The highest BCUT2D eigenvalue weighted by atomic mass is 32.2. The second kappa shape index (κ2) is 24.1. The number of carbonyl (C=O) groups excluding carboxylic acids is 4. The smallest absolute Gasteiger partial charge is 0.480 e. The Morgan fingerprint density at radius 3 is 2.17 bits per heavy atom. The molecule has 64 heavy (non-hydrogen) atoms. The Bertz CT molecular complexity index is 2080. The fourth-order valence-electron chi connectivity index (χ4n) is 6.91. The number of carbonyl (C=O) groups is 6. The van der Waals surface area contributed by atoms with Gasteiger partial charge in [0.15, 0.2) is 0 Å². The third-order valence-corrected chi connectivity index (χ3v) is 11.4. The molecule has 4 atom stereocenters. The highest BCUT2D eigenvalue weighted by molar-refractivity contribution is 8.00. The van der Waals surface area contributed by atoms with E-state index in [-0.39, 0.29) is 49.1 Å². The zero-order valence-corrected chi connectivity index (χ0v) is 36.5. The molecule has 0 saturated carbocycles. The van der Waals surface area contributed by atoms with Gasteiger partial charge in [-0.25, -0.2) is 13.6 Å². The number of benzene rings is 2. The van der Waals surface area contributed by atoms with Gasteiger partial charge >= 0.3 is 18.1 Å². The van der Waals surface area contributed by atoms with Crippen LogP contribution in [0.15, 0.2) is 60.8 Å². The van der Waals surface area contributed by atoms with Crippen LogP contribution in [0.3, 0.4) is 0 Å². The van der Waals surface area contributed by atoms with Gasteiger partial charge in [-0.2, -0.15) is 13.2 Å². The summed E-state index contributed by atoms with van der Waals surface area (Å²) < 4.78 is 63.0. The molecule has 0 bridgehead atoms. The molecule has 1 unspecified atom stereocenters.